The molecule has 0 N–H and O–H groups in total. The molecule has 1 saturated carbocycles. The number of hydrogen-bond donors (Lipinski definition) is 0. The van der Waals surface area contributed by atoms with Crippen molar-refractivity contribution < 1.29 is 8.42 Å². The number of aryl methyl sites for hydroxylation is 1. The van der Waals surface area contributed by atoms with E-state index in [9.17, 15) is 8.42 Å². The predicted octanol–water partition coefficient (Wildman–Crippen LogP) is 3.65. The van der Waals surface area contributed by atoms with Gasteiger partial charge in [-0.15, -0.1) is 0 Å². The van der Waals surface area contributed by atoms with Crippen LogP contribution in [0.3, 0.4) is 0 Å². The Bertz CT molecular complexity index is 701. The minimum absolute atomic E-state index is 0.408. The van der Waals surface area contributed by atoms with Crippen LogP contribution in [0.5, 0.6) is 0 Å². The van der Waals surface area contributed by atoms with Gasteiger partial charge in [0.25, 0.3) is 0 Å². The molecule has 0 spiro atoms. The molecule has 1 heterocycles. The van der Waals surface area contributed by atoms with E-state index < -0.39 is 18.1 Å². The van der Waals surface area contributed by atoms with Crippen LogP contribution in [-0.2, 0) is 10.0 Å². The van der Waals surface area contributed by atoms with Crippen molar-refractivity contribution in [3.63, 3.8) is 0 Å². The Balaban J connectivity index is 1.71. The summed E-state index contributed by atoms with van der Waals surface area (Å²) in [4.78, 5) is 0.408. The highest BCUT2D eigenvalue weighted by atomic mass is 32.2. The lowest BCUT2D eigenvalue weighted by atomic mass is 10.2. The average Bonchev–Trinajstić information content (AvgIpc) is 3.09. The van der Waals surface area contributed by atoms with Crippen LogP contribution in [0, 0.1) is 12.8 Å². The van der Waals surface area contributed by atoms with Crippen molar-refractivity contribution in [2.45, 2.75) is 43.4 Å². The highest BCUT2D eigenvalue weighted by Gasteiger charge is 2.49. The van der Waals surface area contributed by atoms with Gasteiger partial charge in [-0.25, -0.2) is 8.42 Å². The molecule has 120 valence electrons. The molecule has 0 aromatic heterocycles. The van der Waals surface area contributed by atoms with Crippen molar-refractivity contribution in [1.29, 1.82) is 0 Å². The number of sulfonamides is 1. The van der Waals surface area contributed by atoms with Crippen molar-refractivity contribution in [3.8, 4) is 0 Å². The fourth-order valence-electron chi connectivity index (χ4n) is 3.42. The van der Waals surface area contributed by atoms with E-state index >= 15 is 0 Å². The monoisotopic (exact) mass is 335 g/mol. The van der Waals surface area contributed by atoms with Gasteiger partial charge in [0.15, 0.2) is 0 Å². The van der Waals surface area contributed by atoms with Gasteiger partial charge in [0.05, 0.1) is 4.90 Å². The van der Waals surface area contributed by atoms with E-state index in [0.717, 1.165) is 11.1 Å². The lowest BCUT2D eigenvalue weighted by Gasteiger charge is -2.18. The molecule has 1 fully saturated rings. The molecule has 0 saturated heterocycles. The van der Waals surface area contributed by atoms with Gasteiger partial charge < -0.3 is 0 Å². The van der Waals surface area contributed by atoms with E-state index in [4.69, 9.17) is 0 Å². The molecule has 0 radical (unpaired) electrons. The lowest BCUT2D eigenvalue weighted by Crippen LogP contribution is -2.29. The van der Waals surface area contributed by atoms with Crippen molar-refractivity contribution in [1.82, 2.24) is 4.31 Å². The van der Waals surface area contributed by atoms with Crippen molar-refractivity contribution >= 4 is 18.1 Å². The molecule has 1 aromatic rings. The summed E-state index contributed by atoms with van der Waals surface area (Å²) < 4.78 is 27.0. The maximum Gasteiger partial charge on any atom is 0.243 e. The fraction of sp³-hybridized carbons (Fsp3) is 0.529. The third kappa shape index (κ3) is 2.94. The standard InChI is InChI=1S/C17H25NO2SSi/c1-13-5-7-15(8-6-13)21(19,20)18-10-9-14(12-18)16-11-17(16)22(2,3)4/h5-9,16-17H,10-12H2,1-4H3/t16-,17-/m1/s1. The van der Waals surface area contributed by atoms with Crippen LogP contribution >= 0.6 is 0 Å². The van der Waals surface area contributed by atoms with Gasteiger partial charge in [0.2, 0.25) is 10.0 Å². The van der Waals surface area contributed by atoms with E-state index in [1.807, 2.05) is 19.1 Å². The molecule has 5 heteroatoms. The fourth-order valence-corrected chi connectivity index (χ4v) is 7.17. The Morgan fingerprint density at radius 2 is 1.77 bits per heavy atom. The molecule has 1 aromatic carbocycles. The maximum atomic E-state index is 12.7. The second-order valence-electron chi connectivity index (χ2n) is 7.70. The lowest BCUT2D eigenvalue weighted by molar-refractivity contribution is 0.481. The number of rotatable bonds is 4. The van der Waals surface area contributed by atoms with Gasteiger partial charge in [-0.1, -0.05) is 49.0 Å². The largest absolute Gasteiger partial charge is 0.243 e. The van der Waals surface area contributed by atoms with E-state index in [2.05, 4.69) is 25.7 Å². The summed E-state index contributed by atoms with van der Waals surface area (Å²) in [7, 11) is -4.46. The Labute approximate surface area is 135 Å². The molecule has 2 atom stereocenters. The summed E-state index contributed by atoms with van der Waals surface area (Å²) in [5, 5.41) is 0. The zero-order valence-corrected chi connectivity index (χ0v) is 15.7. The van der Waals surface area contributed by atoms with E-state index in [1.54, 1.807) is 16.4 Å². The molecule has 0 amide bonds. The molecule has 22 heavy (non-hydrogen) atoms. The average molecular weight is 336 g/mol. The smallest absolute Gasteiger partial charge is 0.207 e. The van der Waals surface area contributed by atoms with Crippen molar-refractivity contribution in [3.05, 3.63) is 41.5 Å². The van der Waals surface area contributed by atoms with Crippen molar-refractivity contribution in [2.75, 3.05) is 13.1 Å². The van der Waals surface area contributed by atoms with Crippen LogP contribution in [0.1, 0.15) is 12.0 Å². The molecular formula is C17H25NO2SSi. The highest BCUT2D eigenvalue weighted by Crippen LogP contribution is 2.56. The van der Waals surface area contributed by atoms with Crippen LogP contribution in [-0.4, -0.2) is 33.9 Å². The second-order valence-corrected chi connectivity index (χ2v) is 15.1. The maximum absolute atomic E-state index is 12.7. The molecule has 2 aliphatic rings. The quantitative estimate of drug-likeness (QED) is 0.622. The van der Waals surface area contributed by atoms with Crippen molar-refractivity contribution in [2.24, 2.45) is 5.92 Å². The zero-order valence-electron chi connectivity index (χ0n) is 13.8. The minimum atomic E-state index is -3.35. The predicted molar refractivity (Wildman–Crippen MR) is 93.2 cm³/mol. The van der Waals surface area contributed by atoms with E-state index in [0.29, 0.717) is 23.9 Å². The minimum Gasteiger partial charge on any atom is -0.207 e. The molecule has 3 rings (SSSR count). The first kappa shape index (κ1) is 16.0. The van der Waals surface area contributed by atoms with E-state index in [-0.39, 0.29) is 0 Å². The Hall–Kier alpha value is -0.913. The first-order chi connectivity index (χ1) is 10.2. The van der Waals surface area contributed by atoms with Gasteiger partial charge in [-0.3, -0.25) is 0 Å². The molecule has 0 bridgehead atoms. The topological polar surface area (TPSA) is 37.4 Å². The molecule has 1 aliphatic carbocycles. The summed E-state index contributed by atoms with van der Waals surface area (Å²) in [6.07, 6.45) is 3.41. The number of benzene rings is 1. The van der Waals surface area contributed by atoms with Crippen LogP contribution in [0.2, 0.25) is 25.2 Å². The van der Waals surface area contributed by atoms with Crippen LogP contribution in [0.15, 0.2) is 40.8 Å². The highest BCUT2D eigenvalue weighted by molar-refractivity contribution is 7.89. The van der Waals surface area contributed by atoms with Crippen LogP contribution in [0.25, 0.3) is 0 Å². The molecular weight excluding hydrogens is 310 g/mol. The third-order valence-electron chi connectivity index (χ3n) is 4.95. The first-order valence-corrected chi connectivity index (χ1v) is 13.0. The normalized spacial score (nSPS) is 26.1. The van der Waals surface area contributed by atoms with Crippen LogP contribution in [0.4, 0.5) is 0 Å². The van der Waals surface area contributed by atoms with Gasteiger partial charge in [-0.05, 0) is 36.9 Å². The number of nitrogens with zero attached hydrogens (tertiary/aromatic N) is 1. The summed E-state index contributed by atoms with van der Waals surface area (Å²) in [5.41, 5.74) is 3.26. The van der Waals surface area contributed by atoms with Crippen LogP contribution < -0.4 is 0 Å². The molecule has 0 unspecified atom stereocenters. The summed E-state index contributed by atoms with van der Waals surface area (Å²) in [6, 6.07) is 7.15. The zero-order chi connectivity index (χ0) is 16.1. The summed E-state index contributed by atoms with van der Waals surface area (Å²) >= 11 is 0. The van der Waals surface area contributed by atoms with Gasteiger partial charge in [-0.2, -0.15) is 4.31 Å². The summed E-state index contributed by atoms with van der Waals surface area (Å²) in [6.45, 7) is 10.3. The Kier molecular flexibility index (Phi) is 3.86. The molecule has 3 nitrogen and oxygen atoms in total. The summed E-state index contributed by atoms with van der Waals surface area (Å²) in [5.74, 6) is 0.643. The Morgan fingerprint density at radius 1 is 1.14 bits per heavy atom. The van der Waals surface area contributed by atoms with E-state index in [1.165, 1.54) is 12.0 Å². The molecule has 1 aliphatic heterocycles. The second kappa shape index (κ2) is 5.32. The van der Waals surface area contributed by atoms with Gasteiger partial charge >= 0.3 is 0 Å². The number of hydrogen-bond acceptors (Lipinski definition) is 2. The third-order valence-corrected chi connectivity index (χ3v) is 9.64. The Morgan fingerprint density at radius 3 is 2.32 bits per heavy atom. The first-order valence-electron chi connectivity index (χ1n) is 7.95. The van der Waals surface area contributed by atoms with Gasteiger partial charge in [0, 0.05) is 21.2 Å². The van der Waals surface area contributed by atoms with Gasteiger partial charge in [0.1, 0.15) is 0 Å². The SMILES string of the molecule is Cc1ccc(S(=O)(=O)N2CC=C([C@H]3C[C@H]3[Si](C)(C)C)C2)cc1.